The van der Waals surface area contributed by atoms with Crippen molar-refractivity contribution in [3.63, 3.8) is 0 Å². The van der Waals surface area contributed by atoms with E-state index in [-0.39, 0.29) is 11.4 Å². The standard InChI is InChI=1S/C14H22N2O/c1-4-9-14(2,3)16-13(17)10-11-5-7-12(15)8-6-11/h5-8H,4,9-10,15H2,1-3H3,(H,16,17). The van der Waals surface area contributed by atoms with Crippen molar-refractivity contribution in [2.75, 3.05) is 5.73 Å². The fraction of sp³-hybridized carbons (Fsp3) is 0.500. The first-order chi connectivity index (χ1) is 7.93. The van der Waals surface area contributed by atoms with Gasteiger partial charge in [-0.3, -0.25) is 4.79 Å². The van der Waals surface area contributed by atoms with E-state index in [0.717, 1.165) is 24.1 Å². The molecule has 1 aromatic carbocycles. The van der Waals surface area contributed by atoms with Crippen molar-refractivity contribution in [1.29, 1.82) is 0 Å². The summed E-state index contributed by atoms with van der Waals surface area (Å²) in [6.07, 6.45) is 2.46. The number of rotatable bonds is 5. The van der Waals surface area contributed by atoms with Gasteiger partial charge >= 0.3 is 0 Å². The highest BCUT2D eigenvalue weighted by molar-refractivity contribution is 5.79. The van der Waals surface area contributed by atoms with Crippen molar-refractivity contribution in [2.24, 2.45) is 0 Å². The predicted octanol–water partition coefficient (Wildman–Crippen LogP) is 2.51. The second kappa shape index (κ2) is 5.71. The van der Waals surface area contributed by atoms with E-state index in [0.29, 0.717) is 6.42 Å². The van der Waals surface area contributed by atoms with Crippen molar-refractivity contribution < 1.29 is 4.79 Å². The Bertz CT molecular complexity index is 368. The van der Waals surface area contributed by atoms with Gasteiger partial charge in [-0.1, -0.05) is 25.5 Å². The molecule has 0 saturated carbocycles. The van der Waals surface area contributed by atoms with Crippen LogP contribution in [0.4, 0.5) is 5.69 Å². The molecule has 0 aromatic heterocycles. The highest BCUT2D eigenvalue weighted by Crippen LogP contribution is 2.12. The molecule has 3 N–H and O–H groups in total. The van der Waals surface area contributed by atoms with Gasteiger partial charge in [0.1, 0.15) is 0 Å². The fourth-order valence-electron chi connectivity index (χ4n) is 1.93. The van der Waals surface area contributed by atoms with Crippen LogP contribution in [0.1, 0.15) is 39.2 Å². The minimum atomic E-state index is -0.125. The highest BCUT2D eigenvalue weighted by atomic mass is 16.1. The molecule has 1 amide bonds. The van der Waals surface area contributed by atoms with E-state index in [4.69, 9.17) is 5.73 Å². The molecule has 0 aliphatic rings. The lowest BCUT2D eigenvalue weighted by Crippen LogP contribution is -2.43. The summed E-state index contributed by atoms with van der Waals surface area (Å²) in [5, 5.41) is 3.05. The van der Waals surface area contributed by atoms with Crippen LogP contribution in [0.5, 0.6) is 0 Å². The maximum absolute atomic E-state index is 11.8. The number of hydrogen-bond donors (Lipinski definition) is 2. The van der Waals surface area contributed by atoms with Gasteiger partial charge in [-0.15, -0.1) is 0 Å². The molecule has 1 rings (SSSR count). The quantitative estimate of drug-likeness (QED) is 0.769. The molecule has 94 valence electrons. The molecule has 0 saturated heterocycles. The normalized spacial score (nSPS) is 11.2. The van der Waals surface area contributed by atoms with E-state index < -0.39 is 0 Å². The number of benzene rings is 1. The molecule has 0 heterocycles. The molecule has 0 fully saturated rings. The zero-order chi connectivity index (χ0) is 12.9. The third-order valence-electron chi connectivity index (χ3n) is 2.70. The van der Waals surface area contributed by atoms with Crippen LogP contribution >= 0.6 is 0 Å². The molecule has 0 atom stereocenters. The van der Waals surface area contributed by atoms with Gasteiger partial charge in [0.05, 0.1) is 6.42 Å². The number of anilines is 1. The zero-order valence-electron chi connectivity index (χ0n) is 10.9. The molecule has 0 bridgehead atoms. The van der Waals surface area contributed by atoms with Crippen molar-refractivity contribution in [3.05, 3.63) is 29.8 Å². The summed E-state index contributed by atoms with van der Waals surface area (Å²) in [6.45, 7) is 6.22. The van der Waals surface area contributed by atoms with Gasteiger partial charge in [0, 0.05) is 11.2 Å². The molecule has 0 spiro atoms. The van der Waals surface area contributed by atoms with Gasteiger partial charge < -0.3 is 11.1 Å². The Balaban J connectivity index is 2.52. The molecule has 0 unspecified atom stereocenters. The molecular formula is C14H22N2O. The van der Waals surface area contributed by atoms with Gasteiger partial charge in [-0.2, -0.15) is 0 Å². The number of nitrogens with two attached hydrogens (primary N) is 1. The lowest BCUT2D eigenvalue weighted by atomic mass is 9.98. The van der Waals surface area contributed by atoms with Crippen LogP contribution in [0, 0.1) is 0 Å². The van der Waals surface area contributed by atoms with Crippen LogP contribution in [0.2, 0.25) is 0 Å². The fourth-order valence-corrected chi connectivity index (χ4v) is 1.93. The summed E-state index contributed by atoms with van der Waals surface area (Å²) in [7, 11) is 0. The number of hydrogen-bond acceptors (Lipinski definition) is 2. The minimum absolute atomic E-state index is 0.0632. The Kier molecular flexibility index (Phi) is 4.55. The van der Waals surface area contributed by atoms with E-state index in [1.165, 1.54) is 0 Å². The van der Waals surface area contributed by atoms with Crippen molar-refractivity contribution >= 4 is 11.6 Å². The first-order valence-corrected chi connectivity index (χ1v) is 6.08. The van der Waals surface area contributed by atoms with E-state index in [9.17, 15) is 4.79 Å². The van der Waals surface area contributed by atoms with Crippen molar-refractivity contribution in [1.82, 2.24) is 5.32 Å². The highest BCUT2D eigenvalue weighted by Gasteiger charge is 2.18. The second-order valence-electron chi connectivity index (χ2n) is 5.10. The predicted molar refractivity (Wildman–Crippen MR) is 71.7 cm³/mol. The summed E-state index contributed by atoms with van der Waals surface area (Å²) in [4.78, 5) is 11.8. The zero-order valence-corrected chi connectivity index (χ0v) is 10.9. The molecule has 3 nitrogen and oxygen atoms in total. The molecular weight excluding hydrogens is 212 g/mol. The average molecular weight is 234 g/mol. The molecule has 0 aliphatic carbocycles. The third kappa shape index (κ3) is 4.89. The lowest BCUT2D eigenvalue weighted by molar-refractivity contribution is -0.122. The lowest BCUT2D eigenvalue weighted by Gasteiger charge is -2.25. The Morgan fingerprint density at radius 3 is 2.41 bits per heavy atom. The molecule has 17 heavy (non-hydrogen) atoms. The summed E-state index contributed by atoms with van der Waals surface area (Å²) >= 11 is 0. The maximum Gasteiger partial charge on any atom is 0.224 e. The van der Waals surface area contributed by atoms with Gasteiger partial charge in [0.2, 0.25) is 5.91 Å². The monoisotopic (exact) mass is 234 g/mol. The van der Waals surface area contributed by atoms with Gasteiger partial charge in [0.15, 0.2) is 0 Å². The number of carbonyl (C=O) groups is 1. The maximum atomic E-state index is 11.8. The van der Waals surface area contributed by atoms with E-state index >= 15 is 0 Å². The number of carbonyl (C=O) groups excluding carboxylic acids is 1. The van der Waals surface area contributed by atoms with E-state index in [1.807, 2.05) is 24.3 Å². The van der Waals surface area contributed by atoms with E-state index in [2.05, 4.69) is 26.1 Å². The second-order valence-corrected chi connectivity index (χ2v) is 5.10. The van der Waals surface area contributed by atoms with Crippen LogP contribution in [-0.2, 0) is 11.2 Å². The molecule has 3 heteroatoms. The topological polar surface area (TPSA) is 55.1 Å². The van der Waals surface area contributed by atoms with Crippen LogP contribution in [0.15, 0.2) is 24.3 Å². The van der Waals surface area contributed by atoms with Crippen LogP contribution in [0.25, 0.3) is 0 Å². The van der Waals surface area contributed by atoms with Gasteiger partial charge in [-0.25, -0.2) is 0 Å². The van der Waals surface area contributed by atoms with Crippen molar-refractivity contribution in [2.45, 2.75) is 45.6 Å². The van der Waals surface area contributed by atoms with Gasteiger partial charge in [0.25, 0.3) is 0 Å². The first-order valence-electron chi connectivity index (χ1n) is 6.08. The summed E-state index contributed by atoms with van der Waals surface area (Å²) < 4.78 is 0. The Morgan fingerprint density at radius 2 is 1.88 bits per heavy atom. The Morgan fingerprint density at radius 1 is 1.29 bits per heavy atom. The molecule has 0 aliphatic heterocycles. The Labute approximate surface area is 103 Å². The average Bonchev–Trinajstić information content (AvgIpc) is 2.20. The van der Waals surface area contributed by atoms with Crippen LogP contribution < -0.4 is 11.1 Å². The Hall–Kier alpha value is -1.51. The van der Waals surface area contributed by atoms with Crippen LogP contribution in [0.3, 0.4) is 0 Å². The largest absolute Gasteiger partial charge is 0.399 e. The molecule has 1 aromatic rings. The van der Waals surface area contributed by atoms with E-state index in [1.54, 1.807) is 0 Å². The SMILES string of the molecule is CCCC(C)(C)NC(=O)Cc1ccc(N)cc1. The van der Waals surface area contributed by atoms with Crippen LogP contribution in [-0.4, -0.2) is 11.4 Å². The third-order valence-corrected chi connectivity index (χ3v) is 2.70. The smallest absolute Gasteiger partial charge is 0.224 e. The van der Waals surface area contributed by atoms with Crippen molar-refractivity contribution in [3.8, 4) is 0 Å². The summed E-state index contributed by atoms with van der Waals surface area (Å²) in [5.74, 6) is 0.0632. The number of nitrogens with one attached hydrogen (secondary N) is 1. The summed E-state index contributed by atoms with van der Waals surface area (Å²) in [5.41, 5.74) is 7.19. The first kappa shape index (κ1) is 13.6. The number of amides is 1. The molecule has 0 radical (unpaired) electrons. The summed E-state index contributed by atoms with van der Waals surface area (Å²) in [6, 6.07) is 7.42. The number of nitrogen functional groups attached to an aromatic ring is 1. The van der Waals surface area contributed by atoms with Gasteiger partial charge in [-0.05, 0) is 38.0 Å². The minimum Gasteiger partial charge on any atom is -0.399 e.